The second-order valence-electron chi connectivity index (χ2n) is 7.06. The van der Waals surface area contributed by atoms with Crippen molar-refractivity contribution in [3.05, 3.63) is 68.7 Å². The highest BCUT2D eigenvalue weighted by Gasteiger charge is 2.21. The van der Waals surface area contributed by atoms with Crippen molar-refractivity contribution in [3.8, 4) is 6.07 Å². The molecule has 1 atom stereocenters. The number of nitriles is 1. The van der Waals surface area contributed by atoms with E-state index in [1.807, 2.05) is 6.07 Å². The normalized spacial score (nSPS) is 21.3. The second-order valence-corrected chi connectivity index (χ2v) is 7.06. The number of aromatic nitrogens is 1. The van der Waals surface area contributed by atoms with Gasteiger partial charge in [-0.1, -0.05) is 12.2 Å². The molecule has 2 heterocycles. The summed E-state index contributed by atoms with van der Waals surface area (Å²) < 4.78 is 35.4. The predicted octanol–water partition coefficient (Wildman–Crippen LogP) is 4.92. The monoisotopic (exact) mass is 440 g/mol. The number of pyridine rings is 1. The van der Waals surface area contributed by atoms with E-state index in [1.165, 1.54) is 30.7 Å². The standard InChI is InChI=1S/C24H26F2N4O2/c1-6-19(13-28-5)30-23-14-32-15(3)8-18(25)12-29-11-17(23)9-20(24(30)31)16(4)21(10-27)22(26)7-2/h6-9,12-13,15H,11,14H2,1-5H3/b18-8+,19-6+,21-16+,22-7+,28-13-,29-12-. The average Bonchev–Trinajstić information content (AvgIpc) is 2.77. The van der Waals surface area contributed by atoms with Crippen LogP contribution in [-0.2, 0) is 17.9 Å². The first-order chi connectivity index (χ1) is 15.3. The van der Waals surface area contributed by atoms with Gasteiger partial charge in [0.2, 0.25) is 0 Å². The van der Waals surface area contributed by atoms with Crippen LogP contribution in [0.5, 0.6) is 0 Å². The van der Waals surface area contributed by atoms with E-state index in [1.54, 1.807) is 33.0 Å². The number of nitrogens with zero attached hydrogens (tertiary/aromatic N) is 4. The predicted molar refractivity (Wildman–Crippen MR) is 124 cm³/mol. The number of allylic oxidation sites excluding steroid dienone is 7. The minimum Gasteiger partial charge on any atom is -0.368 e. The van der Waals surface area contributed by atoms with Gasteiger partial charge in [-0.25, -0.2) is 8.78 Å². The van der Waals surface area contributed by atoms with E-state index in [0.717, 1.165) is 12.3 Å². The van der Waals surface area contributed by atoms with Gasteiger partial charge in [0.25, 0.3) is 5.56 Å². The van der Waals surface area contributed by atoms with Crippen molar-refractivity contribution in [2.45, 2.75) is 47.0 Å². The molecule has 0 bridgehead atoms. The number of halogens is 2. The molecule has 1 aliphatic rings. The van der Waals surface area contributed by atoms with Crippen LogP contribution in [-0.4, -0.2) is 30.1 Å². The Labute approximate surface area is 186 Å². The van der Waals surface area contributed by atoms with Crippen LogP contribution in [0.4, 0.5) is 8.78 Å². The van der Waals surface area contributed by atoms with Gasteiger partial charge in [-0.3, -0.25) is 19.3 Å². The Hall–Kier alpha value is -3.44. The lowest BCUT2D eigenvalue weighted by molar-refractivity contribution is 0.0790. The highest BCUT2D eigenvalue weighted by Crippen LogP contribution is 2.26. The molecule has 0 spiro atoms. The maximum Gasteiger partial charge on any atom is 0.263 e. The SMILES string of the molecule is C/C=C(F)\C(C#N)=C(/C)c1cc2c(n(C(/C=N\C)=C/C)c1=O)COC(C)/C=C(F)\C=N/C2. The highest BCUT2D eigenvalue weighted by molar-refractivity contribution is 6.02. The Bertz CT molecular complexity index is 1160. The first-order valence-electron chi connectivity index (χ1n) is 10.1. The van der Waals surface area contributed by atoms with Gasteiger partial charge in [0.05, 0.1) is 42.4 Å². The van der Waals surface area contributed by atoms with E-state index in [0.29, 0.717) is 17.0 Å². The molecule has 1 aromatic rings. The molecule has 1 unspecified atom stereocenters. The zero-order chi connectivity index (χ0) is 23.8. The summed E-state index contributed by atoms with van der Waals surface area (Å²) >= 11 is 0. The topological polar surface area (TPSA) is 79.7 Å². The third-order valence-corrected chi connectivity index (χ3v) is 4.94. The average molecular weight is 440 g/mol. The van der Waals surface area contributed by atoms with Crippen LogP contribution in [0.25, 0.3) is 11.3 Å². The van der Waals surface area contributed by atoms with Gasteiger partial charge in [-0.05, 0) is 51.0 Å². The molecular weight excluding hydrogens is 414 g/mol. The van der Waals surface area contributed by atoms with E-state index in [2.05, 4.69) is 9.98 Å². The zero-order valence-corrected chi connectivity index (χ0v) is 18.8. The van der Waals surface area contributed by atoms with Gasteiger partial charge in [0.1, 0.15) is 17.7 Å². The molecule has 0 N–H and O–H groups in total. The van der Waals surface area contributed by atoms with Crippen molar-refractivity contribution in [1.29, 1.82) is 5.26 Å². The van der Waals surface area contributed by atoms with Crippen molar-refractivity contribution in [2.75, 3.05) is 7.05 Å². The summed E-state index contributed by atoms with van der Waals surface area (Å²) in [7, 11) is 1.58. The molecule has 0 amide bonds. The zero-order valence-electron chi connectivity index (χ0n) is 18.8. The van der Waals surface area contributed by atoms with Crippen molar-refractivity contribution in [1.82, 2.24) is 4.57 Å². The highest BCUT2D eigenvalue weighted by atomic mass is 19.1. The van der Waals surface area contributed by atoms with E-state index in [9.17, 15) is 18.8 Å². The quantitative estimate of drug-likeness (QED) is 0.379. The lowest BCUT2D eigenvalue weighted by Gasteiger charge is -2.21. The molecule has 0 saturated carbocycles. The number of aliphatic imine (C=N–C) groups is 2. The Morgan fingerprint density at radius 1 is 1.41 bits per heavy atom. The van der Waals surface area contributed by atoms with E-state index >= 15 is 0 Å². The maximum absolute atomic E-state index is 14.3. The number of rotatable bonds is 4. The summed E-state index contributed by atoms with van der Waals surface area (Å²) in [6.45, 7) is 6.49. The van der Waals surface area contributed by atoms with Gasteiger partial charge in [0.15, 0.2) is 0 Å². The summed E-state index contributed by atoms with van der Waals surface area (Å²) in [4.78, 5) is 21.8. The molecule has 168 valence electrons. The molecule has 0 fully saturated rings. The molecule has 0 aromatic carbocycles. The van der Waals surface area contributed by atoms with E-state index in [4.69, 9.17) is 4.74 Å². The molecule has 6 nitrogen and oxygen atoms in total. The van der Waals surface area contributed by atoms with Gasteiger partial charge in [-0.2, -0.15) is 5.26 Å². The largest absolute Gasteiger partial charge is 0.368 e. The maximum atomic E-state index is 14.3. The number of ether oxygens (including phenoxy) is 1. The van der Waals surface area contributed by atoms with Crippen LogP contribution in [0.15, 0.2) is 56.3 Å². The van der Waals surface area contributed by atoms with Gasteiger partial charge < -0.3 is 4.74 Å². The summed E-state index contributed by atoms with van der Waals surface area (Å²) in [6.07, 6.45) is 6.23. The Kier molecular flexibility index (Phi) is 8.73. The van der Waals surface area contributed by atoms with E-state index in [-0.39, 0.29) is 29.9 Å². The fourth-order valence-corrected chi connectivity index (χ4v) is 3.29. The van der Waals surface area contributed by atoms with E-state index < -0.39 is 23.3 Å². The van der Waals surface area contributed by atoms with Crippen molar-refractivity contribution >= 4 is 23.7 Å². The van der Waals surface area contributed by atoms with Gasteiger partial charge in [-0.15, -0.1) is 0 Å². The molecule has 1 aromatic heterocycles. The van der Waals surface area contributed by atoms with Crippen molar-refractivity contribution < 1.29 is 13.5 Å². The first-order valence-corrected chi connectivity index (χ1v) is 10.1. The minimum atomic E-state index is -0.722. The van der Waals surface area contributed by atoms with Crippen LogP contribution in [0.2, 0.25) is 0 Å². The van der Waals surface area contributed by atoms with Crippen LogP contribution in [0.1, 0.15) is 44.5 Å². The third kappa shape index (κ3) is 5.42. The molecule has 1 aliphatic heterocycles. The molecule has 0 saturated heterocycles. The second kappa shape index (κ2) is 11.3. The van der Waals surface area contributed by atoms with Gasteiger partial charge >= 0.3 is 0 Å². The molecule has 0 aliphatic carbocycles. The van der Waals surface area contributed by atoms with Crippen LogP contribution < -0.4 is 5.56 Å². The molecule has 0 radical (unpaired) electrons. The molecule has 8 heteroatoms. The summed E-state index contributed by atoms with van der Waals surface area (Å²) in [5, 5.41) is 9.48. The summed E-state index contributed by atoms with van der Waals surface area (Å²) in [6, 6.07) is 3.40. The Morgan fingerprint density at radius 3 is 2.72 bits per heavy atom. The summed E-state index contributed by atoms with van der Waals surface area (Å²) in [5.74, 6) is -1.25. The number of hydrogen-bond acceptors (Lipinski definition) is 5. The summed E-state index contributed by atoms with van der Waals surface area (Å²) in [5.41, 5.74) is 1.22. The minimum absolute atomic E-state index is 0.0112. The fourth-order valence-electron chi connectivity index (χ4n) is 3.29. The number of fused-ring (bicyclic) bond motifs is 1. The molecule has 32 heavy (non-hydrogen) atoms. The van der Waals surface area contributed by atoms with Crippen LogP contribution >= 0.6 is 0 Å². The van der Waals surface area contributed by atoms with Crippen LogP contribution in [0.3, 0.4) is 0 Å². The Balaban J connectivity index is 2.95. The smallest absolute Gasteiger partial charge is 0.263 e. The third-order valence-electron chi connectivity index (χ3n) is 4.94. The Morgan fingerprint density at radius 2 is 2.12 bits per heavy atom. The first kappa shape index (κ1) is 24.8. The van der Waals surface area contributed by atoms with Crippen LogP contribution in [0, 0.1) is 11.3 Å². The van der Waals surface area contributed by atoms with Crippen molar-refractivity contribution in [2.24, 2.45) is 9.98 Å². The molecule has 2 rings (SSSR count). The fraction of sp³-hybridized carbons (Fsp3) is 0.333. The van der Waals surface area contributed by atoms with Gasteiger partial charge in [0, 0.05) is 18.8 Å². The lowest BCUT2D eigenvalue weighted by Crippen LogP contribution is -2.29. The lowest BCUT2D eigenvalue weighted by atomic mass is 9.99. The molecular formula is C24H26F2N4O2. The van der Waals surface area contributed by atoms with Crippen molar-refractivity contribution in [3.63, 3.8) is 0 Å². The number of hydrogen-bond donors (Lipinski definition) is 0.